The molecule has 0 saturated heterocycles. The number of hydrogen-bond donors (Lipinski definition) is 3. The van der Waals surface area contributed by atoms with Crippen LogP contribution in [0.3, 0.4) is 0 Å². The minimum absolute atomic E-state index is 0.0360. The Morgan fingerprint density at radius 1 is 0.593 bits per heavy atom. The summed E-state index contributed by atoms with van der Waals surface area (Å²) in [6.07, 6.45) is 22.8. The number of allylic oxidation sites excluding steroid dienone is 4. The van der Waals surface area contributed by atoms with E-state index in [4.69, 9.17) is 0 Å². The normalized spacial score (nSPS) is 19.8. The highest BCUT2D eigenvalue weighted by molar-refractivity contribution is 5.87. The van der Waals surface area contributed by atoms with Gasteiger partial charge < -0.3 is 16.0 Å². The van der Waals surface area contributed by atoms with Crippen molar-refractivity contribution in [1.29, 1.82) is 0 Å². The molecule has 0 aromatic heterocycles. The van der Waals surface area contributed by atoms with Gasteiger partial charge in [-0.1, -0.05) is 116 Å². The summed E-state index contributed by atoms with van der Waals surface area (Å²) in [5, 5.41) is 9.03. The first-order valence-electron chi connectivity index (χ1n) is 22.7. The van der Waals surface area contributed by atoms with Gasteiger partial charge in [-0.05, 0) is 139 Å². The van der Waals surface area contributed by atoms with Gasteiger partial charge in [0.05, 0.1) is 0 Å². The maximum atomic E-state index is 13.0. The summed E-state index contributed by atoms with van der Waals surface area (Å²) in [6, 6.07) is -0.528. The second-order valence-corrected chi connectivity index (χ2v) is 19.6. The zero-order valence-electron chi connectivity index (χ0n) is 37.4. The lowest BCUT2D eigenvalue weighted by molar-refractivity contribution is -0.129. The SMILES string of the molecule is CCNC(=O)[C@H](CCCCNC(=O)CC(C)CCCC(C)CCC1=C(C)CCCC1(C)C)NC(=O)CC(C)CCCC(C)CCC1=C(C)CCCC1(C)C. The van der Waals surface area contributed by atoms with Crippen molar-refractivity contribution < 1.29 is 14.4 Å². The van der Waals surface area contributed by atoms with E-state index in [2.05, 4.69) is 85.2 Å². The second kappa shape index (κ2) is 24.5. The van der Waals surface area contributed by atoms with Crippen molar-refractivity contribution in [3.8, 4) is 0 Å². The highest BCUT2D eigenvalue weighted by Crippen LogP contribution is 2.44. The first-order valence-corrected chi connectivity index (χ1v) is 22.7. The van der Waals surface area contributed by atoms with Crippen LogP contribution in [0.25, 0.3) is 0 Å². The van der Waals surface area contributed by atoms with E-state index in [-0.39, 0.29) is 23.6 Å². The van der Waals surface area contributed by atoms with Crippen LogP contribution in [-0.2, 0) is 14.4 Å². The highest BCUT2D eigenvalue weighted by Gasteiger charge is 2.29. The third-order valence-electron chi connectivity index (χ3n) is 13.2. The van der Waals surface area contributed by atoms with E-state index in [1.165, 1.54) is 83.5 Å². The average Bonchev–Trinajstić information content (AvgIpc) is 3.06. The maximum absolute atomic E-state index is 13.0. The Morgan fingerprint density at radius 3 is 1.52 bits per heavy atom. The summed E-state index contributed by atoms with van der Waals surface area (Å²) in [4.78, 5) is 38.5. The lowest BCUT2D eigenvalue weighted by atomic mass is 9.70. The van der Waals surface area contributed by atoms with Crippen LogP contribution in [0, 0.1) is 34.5 Å². The van der Waals surface area contributed by atoms with Crippen LogP contribution in [0.4, 0.5) is 0 Å². The van der Waals surface area contributed by atoms with E-state index in [1.54, 1.807) is 22.3 Å². The Balaban J connectivity index is 1.61. The molecule has 2 rings (SSSR count). The summed E-state index contributed by atoms with van der Waals surface area (Å²) in [6.45, 7) is 26.6. The Morgan fingerprint density at radius 2 is 1.06 bits per heavy atom. The number of amides is 3. The third-order valence-corrected chi connectivity index (χ3v) is 13.2. The molecular weight excluding hydrogens is 667 g/mol. The molecule has 6 heteroatoms. The molecule has 0 saturated carbocycles. The molecule has 54 heavy (non-hydrogen) atoms. The van der Waals surface area contributed by atoms with Crippen molar-refractivity contribution in [2.24, 2.45) is 34.5 Å². The number of carbonyl (C=O) groups excluding carboxylic acids is 3. The van der Waals surface area contributed by atoms with E-state index in [0.717, 1.165) is 38.0 Å². The molecule has 0 aliphatic heterocycles. The average molecular weight is 754 g/mol. The van der Waals surface area contributed by atoms with Crippen molar-refractivity contribution in [2.75, 3.05) is 13.1 Å². The molecule has 6 nitrogen and oxygen atoms in total. The zero-order valence-corrected chi connectivity index (χ0v) is 37.4. The first kappa shape index (κ1) is 48.0. The number of nitrogens with one attached hydrogen (secondary N) is 3. The minimum atomic E-state index is -0.528. The molecule has 0 fully saturated rings. The molecule has 0 aromatic carbocycles. The fraction of sp³-hybridized carbons (Fsp3) is 0.854. The van der Waals surface area contributed by atoms with Crippen molar-refractivity contribution in [3.05, 3.63) is 22.3 Å². The summed E-state index contributed by atoms with van der Waals surface area (Å²) in [7, 11) is 0. The number of hydrogen-bond acceptors (Lipinski definition) is 3. The molecule has 2 aliphatic carbocycles. The van der Waals surface area contributed by atoms with Crippen molar-refractivity contribution >= 4 is 17.7 Å². The van der Waals surface area contributed by atoms with Gasteiger partial charge in [-0.15, -0.1) is 0 Å². The monoisotopic (exact) mass is 754 g/mol. The van der Waals surface area contributed by atoms with Crippen molar-refractivity contribution in [1.82, 2.24) is 16.0 Å². The number of rotatable bonds is 26. The van der Waals surface area contributed by atoms with Gasteiger partial charge in [-0.25, -0.2) is 0 Å². The predicted octanol–water partition coefficient (Wildman–Crippen LogP) is 12.2. The summed E-state index contributed by atoms with van der Waals surface area (Å²) < 4.78 is 0. The first-order chi connectivity index (χ1) is 25.4. The molecular formula is C48H87N3O3. The van der Waals surface area contributed by atoms with E-state index in [9.17, 15) is 14.4 Å². The molecule has 312 valence electrons. The second-order valence-electron chi connectivity index (χ2n) is 19.6. The lowest BCUT2D eigenvalue weighted by Crippen LogP contribution is -2.47. The van der Waals surface area contributed by atoms with Gasteiger partial charge in [-0.3, -0.25) is 14.4 Å². The van der Waals surface area contributed by atoms with Crippen LogP contribution in [-0.4, -0.2) is 36.9 Å². The molecule has 0 spiro atoms. The maximum Gasteiger partial charge on any atom is 0.242 e. The largest absolute Gasteiger partial charge is 0.356 e. The third kappa shape index (κ3) is 18.2. The minimum Gasteiger partial charge on any atom is -0.356 e. The van der Waals surface area contributed by atoms with E-state index < -0.39 is 6.04 Å². The van der Waals surface area contributed by atoms with Crippen LogP contribution in [0.2, 0.25) is 0 Å². The molecule has 0 radical (unpaired) electrons. The van der Waals surface area contributed by atoms with Gasteiger partial charge in [0.15, 0.2) is 0 Å². The number of unbranched alkanes of at least 4 members (excludes halogenated alkanes) is 1. The Hall–Kier alpha value is -2.11. The van der Waals surface area contributed by atoms with Gasteiger partial charge in [0.2, 0.25) is 17.7 Å². The predicted molar refractivity (Wildman–Crippen MR) is 230 cm³/mol. The van der Waals surface area contributed by atoms with Gasteiger partial charge in [0.25, 0.3) is 0 Å². The van der Waals surface area contributed by atoms with Gasteiger partial charge in [0, 0.05) is 25.9 Å². The topological polar surface area (TPSA) is 87.3 Å². The number of likely N-dealkylation sites (N-methyl/N-ethyl adjacent to an activating group) is 1. The van der Waals surface area contributed by atoms with Crippen molar-refractivity contribution in [3.63, 3.8) is 0 Å². The number of carbonyl (C=O) groups is 3. The molecule has 4 unspecified atom stereocenters. The molecule has 0 heterocycles. The Labute approximate surface area is 334 Å². The molecule has 5 atom stereocenters. The molecule has 3 N–H and O–H groups in total. The van der Waals surface area contributed by atoms with Gasteiger partial charge >= 0.3 is 0 Å². The zero-order chi connectivity index (χ0) is 40.3. The van der Waals surface area contributed by atoms with E-state index in [1.807, 2.05) is 6.92 Å². The van der Waals surface area contributed by atoms with E-state index in [0.29, 0.717) is 55.0 Å². The van der Waals surface area contributed by atoms with Gasteiger partial charge in [0.1, 0.15) is 6.04 Å². The van der Waals surface area contributed by atoms with Crippen LogP contribution in [0.15, 0.2) is 22.3 Å². The van der Waals surface area contributed by atoms with Crippen LogP contribution in [0.1, 0.15) is 211 Å². The molecule has 2 aliphatic rings. The fourth-order valence-corrected chi connectivity index (χ4v) is 9.58. The standard InChI is InChI=1S/C48H87N3O3/c1-12-49-46(54)43(51-45(53)34-38(5)22-16-20-36(3)27-29-42-40(7)24-18-31-48(42,10)11)25-13-14-32-50-44(52)33-37(4)21-15-19-35(2)26-28-41-39(6)23-17-30-47(41,8)9/h35-38,43H,12-34H2,1-11H3,(H,49,54)(H,50,52)(H,51,53)/t35?,36?,37?,38?,43-/m0/s1. The quantitative estimate of drug-likeness (QED) is 0.0607. The lowest BCUT2D eigenvalue weighted by Gasteiger charge is -2.35. The molecule has 0 bridgehead atoms. The van der Waals surface area contributed by atoms with E-state index >= 15 is 0 Å². The smallest absolute Gasteiger partial charge is 0.242 e. The van der Waals surface area contributed by atoms with Gasteiger partial charge in [-0.2, -0.15) is 0 Å². The summed E-state index contributed by atoms with van der Waals surface area (Å²) in [5.74, 6) is 2.04. The van der Waals surface area contributed by atoms with Crippen molar-refractivity contribution in [2.45, 2.75) is 217 Å². The van der Waals surface area contributed by atoms with Crippen LogP contribution in [0.5, 0.6) is 0 Å². The summed E-state index contributed by atoms with van der Waals surface area (Å²) >= 11 is 0. The molecule has 3 amide bonds. The summed E-state index contributed by atoms with van der Waals surface area (Å²) in [5.41, 5.74) is 7.39. The highest BCUT2D eigenvalue weighted by atomic mass is 16.2. The van der Waals surface area contributed by atoms with Crippen LogP contribution >= 0.6 is 0 Å². The molecule has 0 aromatic rings. The Bertz CT molecular complexity index is 1210. The fourth-order valence-electron chi connectivity index (χ4n) is 9.58. The Kier molecular flexibility index (Phi) is 21.8. The van der Waals surface area contributed by atoms with Crippen LogP contribution < -0.4 is 16.0 Å².